The summed E-state index contributed by atoms with van der Waals surface area (Å²) in [4.78, 5) is 31.8. The van der Waals surface area contributed by atoms with Crippen molar-refractivity contribution < 1.29 is 23.4 Å². The maximum absolute atomic E-state index is 13.8. The second kappa shape index (κ2) is 12.2. The third-order valence-electron chi connectivity index (χ3n) is 6.48. The molecule has 1 aliphatic rings. The number of halogens is 2. The number of methoxy groups -OCH3 is 1. The normalized spacial score (nSPS) is 14.9. The van der Waals surface area contributed by atoms with Gasteiger partial charge in [0.2, 0.25) is 0 Å². The standard InChI is InChI=1S/C31H26BrFN2O5S/c1-4-39-30(37)26-18(2)34-31-35(27(26)21-10-12-22(33)13-11-21)29(36)25(41-31)16-20-14-23(32)28(24(15-20)38-3)40-17-19-8-6-5-7-9-19/h5-16,27H,4,17H2,1-3H3/b25-16-/t27-/m0/s1. The van der Waals surface area contributed by atoms with Crippen LogP contribution in [0.1, 0.15) is 36.6 Å². The van der Waals surface area contributed by atoms with Gasteiger partial charge in [-0.15, -0.1) is 0 Å². The minimum Gasteiger partial charge on any atom is -0.493 e. The Kier molecular flexibility index (Phi) is 8.51. The van der Waals surface area contributed by atoms with E-state index in [-0.39, 0.29) is 17.7 Å². The molecule has 0 saturated heterocycles. The van der Waals surface area contributed by atoms with Crippen LogP contribution in [0.15, 0.2) is 92.3 Å². The molecular formula is C31H26BrFN2O5S. The zero-order chi connectivity index (χ0) is 29.1. The van der Waals surface area contributed by atoms with Gasteiger partial charge in [0, 0.05) is 0 Å². The molecule has 0 N–H and O–H groups in total. The topological polar surface area (TPSA) is 79.1 Å². The highest BCUT2D eigenvalue weighted by Gasteiger charge is 2.33. The number of hydrogen-bond donors (Lipinski definition) is 0. The highest BCUT2D eigenvalue weighted by atomic mass is 79.9. The number of ether oxygens (including phenoxy) is 3. The van der Waals surface area contributed by atoms with Crippen LogP contribution in [0.3, 0.4) is 0 Å². The summed E-state index contributed by atoms with van der Waals surface area (Å²) in [6.45, 7) is 3.94. The second-order valence-electron chi connectivity index (χ2n) is 9.16. The fourth-order valence-electron chi connectivity index (χ4n) is 4.60. The summed E-state index contributed by atoms with van der Waals surface area (Å²) < 4.78 is 33.2. The number of aromatic nitrogens is 1. The summed E-state index contributed by atoms with van der Waals surface area (Å²) in [6.07, 6.45) is 1.74. The number of esters is 1. The van der Waals surface area contributed by atoms with Gasteiger partial charge < -0.3 is 14.2 Å². The number of fused-ring (bicyclic) bond motifs is 1. The van der Waals surface area contributed by atoms with Crippen molar-refractivity contribution >= 4 is 39.3 Å². The smallest absolute Gasteiger partial charge is 0.338 e. The van der Waals surface area contributed by atoms with E-state index >= 15 is 0 Å². The van der Waals surface area contributed by atoms with E-state index in [1.54, 1.807) is 45.2 Å². The quantitative estimate of drug-likeness (QED) is 0.246. The Hall–Kier alpha value is -4.02. The van der Waals surface area contributed by atoms with E-state index in [9.17, 15) is 14.0 Å². The third-order valence-corrected chi connectivity index (χ3v) is 8.05. The van der Waals surface area contributed by atoms with Crippen LogP contribution in [-0.2, 0) is 16.1 Å². The maximum Gasteiger partial charge on any atom is 0.338 e. The summed E-state index contributed by atoms with van der Waals surface area (Å²) in [5.74, 6) is 0.0484. The van der Waals surface area contributed by atoms with Crippen molar-refractivity contribution in [2.24, 2.45) is 4.99 Å². The van der Waals surface area contributed by atoms with Crippen molar-refractivity contribution in [3.8, 4) is 11.5 Å². The van der Waals surface area contributed by atoms with Gasteiger partial charge in [-0.2, -0.15) is 0 Å². The van der Waals surface area contributed by atoms with Crippen molar-refractivity contribution in [1.29, 1.82) is 0 Å². The lowest BCUT2D eigenvalue weighted by molar-refractivity contribution is -0.139. The number of carbonyl (C=O) groups is 1. The molecule has 10 heteroatoms. The highest BCUT2D eigenvalue weighted by molar-refractivity contribution is 9.10. The number of allylic oxidation sites excluding steroid dienone is 1. The minimum atomic E-state index is -0.817. The number of nitrogens with zero attached hydrogens (tertiary/aromatic N) is 2. The molecule has 0 aliphatic carbocycles. The van der Waals surface area contributed by atoms with Crippen LogP contribution < -0.4 is 24.4 Å². The summed E-state index contributed by atoms with van der Waals surface area (Å²) >= 11 is 4.78. The van der Waals surface area contributed by atoms with Crippen LogP contribution in [0.25, 0.3) is 6.08 Å². The summed E-state index contributed by atoms with van der Waals surface area (Å²) in [7, 11) is 1.55. The molecule has 1 aliphatic heterocycles. The van der Waals surface area contributed by atoms with Gasteiger partial charge in [0.25, 0.3) is 5.56 Å². The van der Waals surface area contributed by atoms with E-state index in [1.165, 1.54) is 28.0 Å². The first-order valence-electron chi connectivity index (χ1n) is 12.8. The first-order chi connectivity index (χ1) is 19.8. The van der Waals surface area contributed by atoms with Crippen LogP contribution in [0.5, 0.6) is 11.5 Å². The SMILES string of the molecule is CCOC(=O)C1=C(C)N=c2s/c(=C\c3cc(Br)c(OCc4ccccc4)c(OC)c3)c(=O)n2[C@H]1c1ccc(F)cc1. The lowest BCUT2D eigenvalue weighted by Crippen LogP contribution is -2.39. The molecule has 3 aromatic carbocycles. The number of hydrogen-bond acceptors (Lipinski definition) is 7. The Morgan fingerprint density at radius 3 is 2.56 bits per heavy atom. The van der Waals surface area contributed by atoms with Gasteiger partial charge in [-0.3, -0.25) is 9.36 Å². The van der Waals surface area contributed by atoms with Crippen molar-refractivity contribution in [2.75, 3.05) is 13.7 Å². The fourth-order valence-corrected chi connectivity index (χ4v) is 6.22. The Balaban J connectivity index is 1.58. The van der Waals surface area contributed by atoms with Gasteiger partial charge in [-0.25, -0.2) is 14.2 Å². The number of carbonyl (C=O) groups excluding carboxylic acids is 1. The maximum atomic E-state index is 13.8. The molecule has 210 valence electrons. The van der Waals surface area contributed by atoms with E-state index in [4.69, 9.17) is 14.2 Å². The lowest BCUT2D eigenvalue weighted by Gasteiger charge is -2.24. The van der Waals surface area contributed by atoms with E-state index < -0.39 is 17.8 Å². The van der Waals surface area contributed by atoms with Crippen LogP contribution in [0.4, 0.5) is 4.39 Å². The first kappa shape index (κ1) is 28.5. The third kappa shape index (κ3) is 5.89. The molecule has 1 aromatic heterocycles. The monoisotopic (exact) mass is 636 g/mol. The Morgan fingerprint density at radius 2 is 1.88 bits per heavy atom. The van der Waals surface area contributed by atoms with Crippen LogP contribution in [0, 0.1) is 5.82 Å². The molecule has 0 spiro atoms. The summed E-state index contributed by atoms with van der Waals surface area (Å²) in [5, 5.41) is 0. The lowest BCUT2D eigenvalue weighted by atomic mass is 9.96. The van der Waals surface area contributed by atoms with Gasteiger partial charge >= 0.3 is 5.97 Å². The molecule has 0 fully saturated rings. The zero-order valence-electron chi connectivity index (χ0n) is 22.5. The number of thiazole rings is 1. The molecule has 0 saturated carbocycles. The summed E-state index contributed by atoms with van der Waals surface area (Å²) in [5.41, 5.74) is 2.62. The van der Waals surface area contributed by atoms with Gasteiger partial charge in [0.05, 0.1) is 40.0 Å². The molecule has 7 nitrogen and oxygen atoms in total. The van der Waals surface area contributed by atoms with E-state index in [0.29, 0.717) is 48.7 Å². The largest absolute Gasteiger partial charge is 0.493 e. The highest BCUT2D eigenvalue weighted by Crippen LogP contribution is 2.37. The average molecular weight is 638 g/mol. The molecule has 0 radical (unpaired) electrons. The van der Waals surface area contributed by atoms with Gasteiger partial charge in [-0.1, -0.05) is 53.8 Å². The van der Waals surface area contributed by atoms with Crippen LogP contribution in [0.2, 0.25) is 0 Å². The Labute approximate surface area is 248 Å². The minimum absolute atomic E-state index is 0.165. The van der Waals surface area contributed by atoms with Crippen LogP contribution >= 0.6 is 27.3 Å². The molecule has 5 rings (SSSR count). The summed E-state index contributed by atoms with van der Waals surface area (Å²) in [6, 6.07) is 18.3. The molecule has 0 bridgehead atoms. The van der Waals surface area contributed by atoms with Gasteiger partial charge in [-0.05, 0) is 76.8 Å². The molecule has 2 heterocycles. The van der Waals surface area contributed by atoms with Gasteiger partial charge in [0.1, 0.15) is 12.4 Å². The predicted octanol–water partition coefficient (Wildman–Crippen LogP) is 5.29. The fraction of sp³-hybridized carbons (Fsp3) is 0.194. The van der Waals surface area contributed by atoms with Crippen molar-refractivity contribution in [3.05, 3.63) is 125 Å². The van der Waals surface area contributed by atoms with Crippen molar-refractivity contribution in [2.45, 2.75) is 26.5 Å². The molecular weight excluding hydrogens is 611 g/mol. The Bertz CT molecular complexity index is 1810. The van der Waals surface area contributed by atoms with E-state index in [0.717, 1.165) is 5.56 Å². The van der Waals surface area contributed by atoms with Crippen molar-refractivity contribution in [3.63, 3.8) is 0 Å². The predicted molar refractivity (Wildman–Crippen MR) is 158 cm³/mol. The average Bonchev–Trinajstić information content (AvgIpc) is 3.26. The molecule has 0 amide bonds. The van der Waals surface area contributed by atoms with Gasteiger partial charge in [0.15, 0.2) is 16.3 Å². The molecule has 0 unspecified atom stereocenters. The van der Waals surface area contributed by atoms with Crippen molar-refractivity contribution in [1.82, 2.24) is 4.57 Å². The Morgan fingerprint density at radius 1 is 1.15 bits per heavy atom. The molecule has 1 atom stereocenters. The number of benzene rings is 3. The second-order valence-corrected chi connectivity index (χ2v) is 11.0. The van der Waals surface area contributed by atoms with E-state index in [1.807, 2.05) is 36.4 Å². The zero-order valence-corrected chi connectivity index (χ0v) is 24.9. The first-order valence-corrected chi connectivity index (χ1v) is 14.4. The molecule has 41 heavy (non-hydrogen) atoms. The van der Waals surface area contributed by atoms with E-state index in [2.05, 4.69) is 20.9 Å². The van der Waals surface area contributed by atoms with Crippen LogP contribution in [-0.4, -0.2) is 24.3 Å². The number of rotatable bonds is 8. The molecule has 4 aromatic rings.